The first-order valence-electron chi connectivity index (χ1n) is 7.68. The molecule has 5 nitrogen and oxygen atoms in total. The number of rotatable bonds is 4. The lowest BCUT2D eigenvalue weighted by atomic mass is 10.1. The van der Waals surface area contributed by atoms with Gasteiger partial charge in [0.05, 0.1) is 22.2 Å². The van der Waals surface area contributed by atoms with Gasteiger partial charge in [-0.3, -0.25) is 9.59 Å². The molecule has 1 saturated heterocycles. The van der Waals surface area contributed by atoms with Gasteiger partial charge in [0.15, 0.2) is 0 Å². The van der Waals surface area contributed by atoms with Gasteiger partial charge in [0.25, 0.3) is 0 Å². The summed E-state index contributed by atoms with van der Waals surface area (Å²) in [6.07, 6.45) is 1.65. The van der Waals surface area contributed by atoms with Gasteiger partial charge in [-0.05, 0) is 29.8 Å². The van der Waals surface area contributed by atoms with Gasteiger partial charge in [0.2, 0.25) is 11.8 Å². The molecule has 1 heterocycles. The molecule has 0 saturated carbocycles. The number of hydrogen-bond donors (Lipinski definition) is 1. The Morgan fingerprint density at radius 1 is 1.16 bits per heavy atom. The molecule has 2 amide bonds. The lowest BCUT2D eigenvalue weighted by Crippen LogP contribution is -2.30. The predicted octanol–water partition coefficient (Wildman–Crippen LogP) is 3.50. The van der Waals surface area contributed by atoms with Crippen molar-refractivity contribution in [2.45, 2.75) is 6.42 Å². The van der Waals surface area contributed by atoms with Crippen molar-refractivity contribution in [2.75, 3.05) is 11.4 Å². The summed E-state index contributed by atoms with van der Waals surface area (Å²) >= 11 is 11.8. The molecule has 0 unspecified atom stereocenters. The second-order valence-electron chi connectivity index (χ2n) is 5.65. The molecule has 0 aromatic heterocycles. The fourth-order valence-electron chi connectivity index (χ4n) is 2.60. The third kappa shape index (κ3) is 4.18. The molecule has 1 aliphatic rings. The second kappa shape index (κ2) is 7.68. The summed E-state index contributed by atoms with van der Waals surface area (Å²) < 4.78 is 0. The van der Waals surface area contributed by atoms with Crippen LogP contribution in [0.5, 0.6) is 0 Å². The summed E-state index contributed by atoms with van der Waals surface area (Å²) in [5.74, 6) is -0.790. The number of hydrogen-bond acceptors (Lipinski definition) is 3. The molecule has 25 heavy (non-hydrogen) atoms. The zero-order valence-corrected chi connectivity index (χ0v) is 14.7. The molecule has 3 rings (SSSR count). The molecule has 0 spiro atoms. The van der Waals surface area contributed by atoms with Crippen molar-refractivity contribution in [1.82, 2.24) is 5.43 Å². The SMILES string of the molecule is O=C(NN=Cc1ccc(Cl)c(Cl)c1)[C@@H]1CC(=O)N(c2ccccc2)C1. The van der Waals surface area contributed by atoms with Crippen LogP contribution < -0.4 is 10.3 Å². The van der Waals surface area contributed by atoms with Crippen LogP contribution in [0, 0.1) is 5.92 Å². The number of benzene rings is 2. The fraction of sp³-hybridized carbons (Fsp3) is 0.167. The maximum absolute atomic E-state index is 12.2. The Kier molecular flexibility index (Phi) is 5.36. The van der Waals surface area contributed by atoms with Gasteiger partial charge in [-0.2, -0.15) is 5.10 Å². The van der Waals surface area contributed by atoms with Crippen LogP contribution in [0.2, 0.25) is 10.0 Å². The van der Waals surface area contributed by atoms with E-state index in [9.17, 15) is 9.59 Å². The summed E-state index contributed by atoms with van der Waals surface area (Å²) in [5.41, 5.74) is 3.98. The van der Waals surface area contributed by atoms with Crippen LogP contribution in [0.15, 0.2) is 53.6 Å². The Bertz CT molecular complexity index is 824. The van der Waals surface area contributed by atoms with E-state index in [1.165, 1.54) is 6.21 Å². The Hall–Kier alpha value is -2.37. The Morgan fingerprint density at radius 2 is 1.92 bits per heavy atom. The minimum atomic E-state index is -0.432. The van der Waals surface area contributed by atoms with Crippen molar-refractivity contribution in [1.29, 1.82) is 0 Å². The highest BCUT2D eigenvalue weighted by atomic mass is 35.5. The van der Waals surface area contributed by atoms with Gasteiger partial charge in [-0.1, -0.05) is 47.5 Å². The van der Waals surface area contributed by atoms with E-state index in [1.54, 1.807) is 23.1 Å². The lowest BCUT2D eigenvalue weighted by Gasteiger charge is -2.16. The van der Waals surface area contributed by atoms with E-state index in [0.29, 0.717) is 22.2 Å². The number of carbonyl (C=O) groups is 2. The van der Waals surface area contributed by atoms with Crippen LogP contribution in [0.25, 0.3) is 0 Å². The third-order valence-electron chi connectivity index (χ3n) is 3.90. The van der Waals surface area contributed by atoms with Crippen LogP contribution in [0.4, 0.5) is 5.69 Å². The summed E-state index contributed by atoms with van der Waals surface area (Å²) in [6.45, 7) is 0.344. The average molecular weight is 376 g/mol. The van der Waals surface area contributed by atoms with Crippen molar-refractivity contribution < 1.29 is 9.59 Å². The van der Waals surface area contributed by atoms with Crippen molar-refractivity contribution >= 4 is 46.9 Å². The van der Waals surface area contributed by atoms with E-state index >= 15 is 0 Å². The number of nitrogens with zero attached hydrogens (tertiary/aromatic N) is 2. The number of amides is 2. The van der Waals surface area contributed by atoms with Gasteiger partial charge in [0.1, 0.15) is 0 Å². The normalized spacial score (nSPS) is 17.3. The van der Waals surface area contributed by atoms with E-state index in [4.69, 9.17) is 23.2 Å². The number of hydrazone groups is 1. The summed E-state index contributed by atoms with van der Waals surface area (Å²) in [7, 11) is 0. The van der Waals surface area contributed by atoms with Crippen molar-refractivity contribution in [2.24, 2.45) is 11.0 Å². The molecule has 0 bridgehead atoms. The highest BCUT2D eigenvalue weighted by Gasteiger charge is 2.34. The van der Waals surface area contributed by atoms with Gasteiger partial charge >= 0.3 is 0 Å². The second-order valence-corrected chi connectivity index (χ2v) is 6.46. The number of anilines is 1. The molecule has 7 heteroatoms. The van der Waals surface area contributed by atoms with Crippen molar-refractivity contribution in [3.8, 4) is 0 Å². The first kappa shape index (κ1) is 17.5. The van der Waals surface area contributed by atoms with Gasteiger partial charge in [-0.15, -0.1) is 0 Å². The number of carbonyl (C=O) groups excluding carboxylic acids is 2. The van der Waals surface area contributed by atoms with Gasteiger partial charge in [-0.25, -0.2) is 5.43 Å². The topological polar surface area (TPSA) is 61.8 Å². The first-order valence-corrected chi connectivity index (χ1v) is 8.43. The highest BCUT2D eigenvalue weighted by molar-refractivity contribution is 6.42. The van der Waals surface area contributed by atoms with E-state index < -0.39 is 5.92 Å². The van der Waals surface area contributed by atoms with E-state index in [0.717, 1.165) is 5.69 Å². The smallest absolute Gasteiger partial charge is 0.245 e. The molecule has 2 aromatic carbocycles. The zero-order chi connectivity index (χ0) is 17.8. The fourth-order valence-corrected chi connectivity index (χ4v) is 2.90. The maximum atomic E-state index is 12.2. The summed E-state index contributed by atoms with van der Waals surface area (Å²) in [5, 5.41) is 4.79. The minimum absolute atomic E-state index is 0.0696. The van der Waals surface area contributed by atoms with Crippen LogP contribution in [-0.2, 0) is 9.59 Å². The standard InChI is InChI=1S/C18H15Cl2N3O2/c19-15-7-6-12(8-16(15)20)10-21-22-18(25)13-9-17(24)23(11-13)14-4-2-1-3-5-14/h1-8,10,13H,9,11H2,(H,22,25)/t13-/m1/s1. The monoisotopic (exact) mass is 375 g/mol. The Labute approximate surface area is 155 Å². The molecule has 2 aromatic rings. The molecule has 0 aliphatic carbocycles. The van der Waals surface area contributed by atoms with Crippen LogP contribution in [0.3, 0.4) is 0 Å². The van der Waals surface area contributed by atoms with Crippen LogP contribution in [-0.4, -0.2) is 24.6 Å². The van der Waals surface area contributed by atoms with Gasteiger partial charge < -0.3 is 4.90 Å². The number of nitrogens with one attached hydrogen (secondary N) is 1. The average Bonchev–Trinajstić information content (AvgIpc) is 3.01. The molecule has 1 aliphatic heterocycles. The van der Waals surface area contributed by atoms with Gasteiger partial charge in [0, 0.05) is 18.7 Å². The highest BCUT2D eigenvalue weighted by Crippen LogP contribution is 2.25. The molecular formula is C18H15Cl2N3O2. The van der Waals surface area contributed by atoms with Crippen LogP contribution >= 0.6 is 23.2 Å². The van der Waals surface area contributed by atoms with Crippen LogP contribution in [0.1, 0.15) is 12.0 Å². The van der Waals surface area contributed by atoms with E-state index in [1.807, 2.05) is 30.3 Å². The Morgan fingerprint density at radius 3 is 2.64 bits per heavy atom. The summed E-state index contributed by atoms with van der Waals surface area (Å²) in [4.78, 5) is 26.0. The van der Waals surface area contributed by atoms with E-state index in [2.05, 4.69) is 10.5 Å². The third-order valence-corrected chi connectivity index (χ3v) is 4.63. The minimum Gasteiger partial charge on any atom is -0.312 e. The largest absolute Gasteiger partial charge is 0.312 e. The number of halogens is 2. The molecule has 1 N–H and O–H groups in total. The molecule has 0 radical (unpaired) electrons. The number of para-hydroxylation sites is 1. The quantitative estimate of drug-likeness (QED) is 0.656. The van der Waals surface area contributed by atoms with Crippen molar-refractivity contribution in [3.63, 3.8) is 0 Å². The first-order chi connectivity index (χ1) is 12.0. The molecule has 1 atom stereocenters. The Balaban J connectivity index is 1.59. The van der Waals surface area contributed by atoms with E-state index in [-0.39, 0.29) is 18.2 Å². The summed E-state index contributed by atoms with van der Waals surface area (Å²) in [6, 6.07) is 14.3. The molecule has 1 fully saturated rings. The molecule has 128 valence electrons. The predicted molar refractivity (Wildman–Crippen MR) is 99.1 cm³/mol. The lowest BCUT2D eigenvalue weighted by molar-refractivity contribution is -0.126. The zero-order valence-electron chi connectivity index (χ0n) is 13.2. The van der Waals surface area contributed by atoms with Crippen molar-refractivity contribution in [3.05, 3.63) is 64.1 Å². The molecular weight excluding hydrogens is 361 g/mol. The maximum Gasteiger partial charge on any atom is 0.245 e.